The van der Waals surface area contributed by atoms with E-state index < -0.39 is 6.10 Å². The van der Waals surface area contributed by atoms with Gasteiger partial charge in [0.25, 0.3) is 0 Å². The number of aliphatic hydroxyl groups excluding tert-OH is 1. The maximum atomic E-state index is 8.99. The maximum Gasteiger partial charge on any atom is 0.0890 e. The number of rotatable bonds is 3. The van der Waals surface area contributed by atoms with Crippen LogP contribution in [-0.4, -0.2) is 11.2 Å². The van der Waals surface area contributed by atoms with Crippen molar-refractivity contribution in [1.29, 1.82) is 0 Å². The third-order valence-electron chi connectivity index (χ3n) is 1.06. The summed E-state index contributed by atoms with van der Waals surface area (Å²) < 4.78 is 0. The van der Waals surface area contributed by atoms with E-state index >= 15 is 0 Å². The lowest BCUT2D eigenvalue weighted by atomic mass is 10.0. The predicted octanol–water partition coefficient (Wildman–Crippen LogP) is 0.969. The number of hydrogen-bond acceptors (Lipinski definition) is 1. The van der Waals surface area contributed by atoms with Gasteiger partial charge >= 0.3 is 0 Å². The SMILES string of the molecule is C#CC(C=C)C(O)C=C. The van der Waals surface area contributed by atoms with Gasteiger partial charge in [0.1, 0.15) is 0 Å². The molecule has 1 N–H and O–H groups in total. The summed E-state index contributed by atoms with van der Waals surface area (Å²) in [5.41, 5.74) is 0. The first-order valence-corrected chi connectivity index (χ1v) is 2.65. The monoisotopic (exact) mass is 122 g/mol. The first-order valence-electron chi connectivity index (χ1n) is 2.65. The Labute approximate surface area is 55.7 Å². The third-order valence-corrected chi connectivity index (χ3v) is 1.06. The van der Waals surface area contributed by atoms with Gasteiger partial charge in [-0.15, -0.1) is 19.6 Å². The molecular formula is C8H10O. The molecule has 0 aliphatic heterocycles. The molecule has 0 rings (SSSR count). The quantitative estimate of drug-likeness (QED) is 0.437. The second kappa shape index (κ2) is 3.94. The van der Waals surface area contributed by atoms with Crippen molar-refractivity contribution < 1.29 is 5.11 Å². The molecule has 0 aliphatic carbocycles. The molecule has 1 nitrogen and oxygen atoms in total. The highest BCUT2D eigenvalue weighted by Gasteiger charge is 2.06. The molecule has 48 valence electrons. The van der Waals surface area contributed by atoms with E-state index in [0.29, 0.717) is 0 Å². The van der Waals surface area contributed by atoms with Crippen LogP contribution in [-0.2, 0) is 0 Å². The molecule has 0 aromatic carbocycles. The largest absolute Gasteiger partial charge is 0.387 e. The predicted molar refractivity (Wildman–Crippen MR) is 38.7 cm³/mol. The van der Waals surface area contributed by atoms with Crippen molar-refractivity contribution in [2.24, 2.45) is 5.92 Å². The molecule has 0 saturated carbocycles. The van der Waals surface area contributed by atoms with Gasteiger partial charge in [0, 0.05) is 0 Å². The lowest BCUT2D eigenvalue weighted by Crippen LogP contribution is -2.12. The molecule has 0 aliphatic rings. The summed E-state index contributed by atoms with van der Waals surface area (Å²) in [5, 5.41) is 8.99. The zero-order chi connectivity index (χ0) is 7.28. The third kappa shape index (κ3) is 2.16. The van der Waals surface area contributed by atoms with Crippen molar-refractivity contribution >= 4 is 0 Å². The lowest BCUT2D eigenvalue weighted by Gasteiger charge is -2.07. The molecule has 2 unspecified atom stereocenters. The van der Waals surface area contributed by atoms with E-state index in [1.807, 2.05) is 0 Å². The molecule has 0 fully saturated rings. The Morgan fingerprint density at radius 3 is 2.11 bits per heavy atom. The van der Waals surface area contributed by atoms with E-state index in [2.05, 4.69) is 19.1 Å². The second-order valence-corrected chi connectivity index (χ2v) is 1.65. The van der Waals surface area contributed by atoms with Crippen molar-refractivity contribution in [1.82, 2.24) is 0 Å². The van der Waals surface area contributed by atoms with Gasteiger partial charge in [0.15, 0.2) is 0 Å². The average molecular weight is 122 g/mol. The molecule has 0 aromatic rings. The van der Waals surface area contributed by atoms with Crippen molar-refractivity contribution in [3.05, 3.63) is 25.3 Å². The normalized spacial score (nSPS) is 15.1. The van der Waals surface area contributed by atoms with E-state index in [-0.39, 0.29) is 5.92 Å². The van der Waals surface area contributed by atoms with Crippen LogP contribution >= 0.6 is 0 Å². The maximum absolute atomic E-state index is 8.99. The molecule has 9 heavy (non-hydrogen) atoms. The van der Waals surface area contributed by atoms with Gasteiger partial charge in [-0.3, -0.25) is 0 Å². The Hall–Kier alpha value is -1.00. The van der Waals surface area contributed by atoms with Crippen LogP contribution in [0.5, 0.6) is 0 Å². The van der Waals surface area contributed by atoms with Crippen LogP contribution < -0.4 is 0 Å². The van der Waals surface area contributed by atoms with Crippen LogP contribution in [0.2, 0.25) is 0 Å². The Bertz CT molecular complexity index is 141. The summed E-state index contributed by atoms with van der Waals surface area (Å²) in [6.45, 7) is 6.83. The minimum Gasteiger partial charge on any atom is -0.387 e. The highest BCUT2D eigenvalue weighted by molar-refractivity contribution is 5.09. The highest BCUT2D eigenvalue weighted by Crippen LogP contribution is 2.03. The van der Waals surface area contributed by atoms with E-state index in [4.69, 9.17) is 11.5 Å². The van der Waals surface area contributed by atoms with Gasteiger partial charge in [-0.2, -0.15) is 0 Å². The fourth-order valence-corrected chi connectivity index (χ4v) is 0.453. The number of aliphatic hydroxyl groups is 1. The molecular weight excluding hydrogens is 112 g/mol. The Balaban J connectivity index is 3.97. The number of hydrogen-bond donors (Lipinski definition) is 1. The van der Waals surface area contributed by atoms with Gasteiger partial charge in [0.2, 0.25) is 0 Å². The first-order chi connectivity index (χ1) is 4.26. The Morgan fingerprint density at radius 1 is 1.44 bits per heavy atom. The molecule has 0 amide bonds. The van der Waals surface area contributed by atoms with Gasteiger partial charge in [-0.05, 0) is 0 Å². The van der Waals surface area contributed by atoms with Gasteiger partial charge < -0.3 is 5.11 Å². The summed E-state index contributed by atoms with van der Waals surface area (Å²) in [6, 6.07) is 0. The van der Waals surface area contributed by atoms with Crippen LogP contribution in [0, 0.1) is 18.3 Å². The summed E-state index contributed by atoms with van der Waals surface area (Å²) in [6.07, 6.45) is 7.29. The van der Waals surface area contributed by atoms with Crippen molar-refractivity contribution in [3.8, 4) is 12.3 Å². The average Bonchev–Trinajstić information content (AvgIpc) is 1.90. The molecule has 0 bridgehead atoms. The van der Waals surface area contributed by atoms with E-state index in [9.17, 15) is 0 Å². The van der Waals surface area contributed by atoms with E-state index in [1.165, 1.54) is 12.2 Å². The fraction of sp³-hybridized carbons (Fsp3) is 0.250. The molecule has 0 radical (unpaired) electrons. The standard InChI is InChI=1S/C8H10O/c1-4-7(5-2)8(9)6-3/h1,5-9H,2-3H2. The summed E-state index contributed by atoms with van der Waals surface area (Å²) in [5.74, 6) is 2.06. The van der Waals surface area contributed by atoms with Gasteiger partial charge in [-0.25, -0.2) is 0 Å². The zero-order valence-electron chi connectivity index (χ0n) is 5.25. The van der Waals surface area contributed by atoms with Crippen LogP contribution in [0.15, 0.2) is 25.3 Å². The summed E-state index contributed by atoms with van der Waals surface area (Å²) in [7, 11) is 0. The highest BCUT2D eigenvalue weighted by atomic mass is 16.3. The van der Waals surface area contributed by atoms with Crippen molar-refractivity contribution in [3.63, 3.8) is 0 Å². The molecule has 0 aromatic heterocycles. The van der Waals surface area contributed by atoms with Crippen LogP contribution in [0.25, 0.3) is 0 Å². The number of terminal acetylenes is 1. The van der Waals surface area contributed by atoms with Crippen LogP contribution in [0.4, 0.5) is 0 Å². The molecule has 0 spiro atoms. The molecule has 2 atom stereocenters. The zero-order valence-corrected chi connectivity index (χ0v) is 5.25. The van der Waals surface area contributed by atoms with Crippen molar-refractivity contribution in [2.45, 2.75) is 6.10 Å². The minimum atomic E-state index is -0.660. The fourth-order valence-electron chi connectivity index (χ4n) is 0.453. The summed E-state index contributed by atoms with van der Waals surface area (Å²) in [4.78, 5) is 0. The smallest absolute Gasteiger partial charge is 0.0890 e. The Morgan fingerprint density at radius 2 is 2.00 bits per heavy atom. The Kier molecular flexibility index (Phi) is 3.50. The van der Waals surface area contributed by atoms with E-state index in [0.717, 1.165) is 0 Å². The van der Waals surface area contributed by atoms with Crippen LogP contribution in [0.3, 0.4) is 0 Å². The topological polar surface area (TPSA) is 20.2 Å². The van der Waals surface area contributed by atoms with E-state index in [1.54, 1.807) is 0 Å². The van der Waals surface area contributed by atoms with Gasteiger partial charge in [0.05, 0.1) is 12.0 Å². The molecule has 1 heteroatoms. The van der Waals surface area contributed by atoms with Crippen LogP contribution in [0.1, 0.15) is 0 Å². The van der Waals surface area contributed by atoms with Gasteiger partial charge in [-0.1, -0.05) is 18.1 Å². The molecule has 0 heterocycles. The summed E-state index contributed by atoms with van der Waals surface area (Å²) >= 11 is 0. The first kappa shape index (κ1) is 8.00. The minimum absolute atomic E-state index is 0.303. The lowest BCUT2D eigenvalue weighted by molar-refractivity contribution is 0.201. The molecule has 0 saturated heterocycles. The second-order valence-electron chi connectivity index (χ2n) is 1.65. The van der Waals surface area contributed by atoms with Crippen molar-refractivity contribution in [2.75, 3.05) is 0 Å².